The van der Waals surface area contributed by atoms with Crippen molar-refractivity contribution < 1.29 is 23.8 Å². The van der Waals surface area contributed by atoms with E-state index in [0.29, 0.717) is 30.5 Å². The zero-order valence-corrected chi connectivity index (χ0v) is 24.7. The summed E-state index contributed by atoms with van der Waals surface area (Å²) in [6.45, 7) is 1.03. The topological polar surface area (TPSA) is 132 Å². The minimum atomic E-state index is -0.730. The van der Waals surface area contributed by atoms with Gasteiger partial charge in [0.05, 0.1) is 11.8 Å². The number of halogens is 1. The molecule has 0 bridgehead atoms. The van der Waals surface area contributed by atoms with Crippen molar-refractivity contribution in [1.29, 1.82) is 0 Å². The SMILES string of the molecule is CN(CCn1c(=O)c(C(=O)NCCCn2ccnc2)c(O)c2ncc(Cc3ccc(F)cc3)cc21)C(=O)OCc1ccccc1. The van der Waals surface area contributed by atoms with Gasteiger partial charge in [0.25, 0.3) is 11.5 Å². The number of pyridine rings is 2. The Bertz CT molecular complexity index is 1830. The first-order chi connectivity index (χ1) is 21.8. The number of nitrogens with one attached hydrogen (secondary N) is 1. The second-order valence-electron chi connectivity index (χ2n) is 10.6. The number of nitrogens with zero attached hydrogens (tertiary/aromatic N) is 5. The van der Waals surface area contributed by atoms with Gasteiger partial charge >= 0.3 is 6.09 Å². The molecule has 5 aromatic rings. The van der Waals surface area contributed by atoms with Gasteiger partial charge in [-0.25, -0.2) is 14.2 Å². The molecule has 0 atom stereocenters. The van der Waals surface area contributed by atoms with E-state index in [0.717, 1.165) is 11.1 Å². The van der Waals surface area contributed by atoms with Crippen LogP contribution >= 0.6 is 0 Å². The van der Waals surface area contributed by atoms with Crippen molar-refractivity contribution in [1.82, 2.24) is 29.3 Å². The molecule has 0 saturated heterocycles. The normalized spacial score (nSPS) is 11.0. The van der Waals surface area contributed by atoms with Crippen molar-refractivity contribution in [3.05, 3.63) is 124 Å². The lowest BCUT2D eigenvalue weighted by Crippen LogP contribution is -2.37. The molecule has 0 aliphatic heterocycles. The van der Waals surface area contributed by atoms with Gasteiger partial charge in [0.15, 0.2) is 5.75 Å². The summed E-state index contributed by atoms with van der Waals surface area (Å²) >= 11 is 0. The molecule has 2 aromatic carbocycles. The molecule has 0 aliphatic carbocycles. The van der Waals surface area contributed by atoms with Crippen molar-refractivity contribution in [3.63, 3.8) is 0 Å². The number of imidazole rings is 1. The number of aromatic nitrogens is 4. The number of carbonyl (C=O) groups excluding carboxylic acids is 2. The van der Waals surface area contributed by atoms with Crippen molar-refractivity contribution >= 4 is 23.0 Å². The van der Waals surface area contributed by atoms with E-state index >= 15 is 0 Å². The lowest BCUT2D eigenvalue weighted by atomic mass is 10.1. The van der Waals surface area contributed by atoms with Crippen molar-refractivity contribution in [3.8, 4) is 5.75 Å². The Morgan fingerprint density at radius 2 is 1.82 bits per heavy atom. The van der Waals surface area contributed by atoms with Gasteiger partial charge in [0, 0.05) is 51.8 Å². The van der Waals surface area contributed by atoms with Gasteiger partial charge < -0.3 is 29.2 Å². The number of ether oxygens (including phenoxy) is 1. The van der Waals surface area contributed by atoms with Crippen molar-refractivity contribution in [2.45, 2.75) is 32.5 Å². The lowest BCUT2D eigenvalue weighted by molar-refractivity contribution is 0.0945. The van der Waals surface area contributed by atoms with Gasteiger partial charge in [0.2, 0.25) is 0 Å². The van der Waals surface area contributed by atoms with Gasteiger partial charge in [-0.2, -0.15) is 0 Å². The average molecular weight is 613 g/mol. The molecule has 3 heterocycles. The third kappa shape index (κ3) is 7.71. The fraction of sp³-hybridized carbons (Fsp3) is 0.242. The fourth-order valence-electron chi connectivity index (χ4n) is 4.85. The first kappa shape index (κ1) is 30.9. The molecule has 11 nitrogen and oxygen atoms in total. The van der Waals surface area contributed by atoms with Gasteiger partial charge in [-0.3, -0.25) is 14.6 Å². The number of aryl methyl sites for hydroxylation is 1. The number of amides is 2. The zero-order valence-electron chi connectivity index (χ0n) is 24.7. The van der Waals surface area contributed by atoms with Gasteiger partial charge in [-0.05, 0) is 47.7 Å². The van der Waals surface area contributed by atoms with E-state index in [4.69, 9.17) is 4.74 Å². The van der Waals surface area contributed by atoms with Crippen LogP contribution in [0.4, 0.5) is 9.18 Å². The number of rotatable bonds is 12. The van der Waals surface area contributed by atoms with Crippen molar-refractivity contribution in [2.24, 2.45) is 0 Å². The van der Waals surface area contributed by atoms with E-state index in [-0.39, 0.29) is 37.6 Å². The molecule has 0 aliphatic rings. The molecule has 0 radical (unpaired) electrons. The third-order valence-corrected chi connectivity index (χ3v) is 7.30. The van der Waals surface area contributed by atoms with Crippen LogP contribution in [0, 0.1) is 5.82 Å². The molecule has 232 valence electrons. The Morgan fingerprint density at radius 3 is 2.56 bits per heavy atom. The molecule has 0 spiro atoms. The van der Waals surface area contributed by atoms with E-state index < -0.39 is 28.9 Å². The Morgan fingerprint density at radius 1 is 1.04 bits per heavy atom. The van der Waals surface area contributed by atoms with Crippen LogP contribution in [0.5, 0.6) is 5.75 Å². The molecule has 2 N–H and O–H groups in total. The molecule has 0 saturated carbocycles. The number of hydrogen-bond acceptors (Lipinski definition) is 7. The minimum absolute atomic E-state index is 0.00482. The summed E-state index contributed by atoms with van der Waals surface area (Å²) in [4.78, 5) is 49.4. The van der Waals surface area contributed by atoms with E-state index in [1.165, 1.54) is 21.6 Å². The summed E-state index contributed by atoms with van der Waals surface area (Å²) in [5.74, 6) is -1.61. The smallest absolute Gasteiger partial charge is 0.409 e. The maximum Gasteiger partial charge on any atom is 0.409 e. The number of hydrogen-bond donors (Lipinski definition) is 2. The Balaban J connectivity index is 1.39. The molecule has 45 heavy (non-hydrogen) atoms. The predicted octanol–water partition coefficient (Wildman–Crippen LogP) is 4.12. The van der Waals surface area contributed by atoms with Crippen molar-refractivity contribution in [2.75, 3.05) is 20.1 Å². The quantitative estimate of drug-likeness (QED) is 0.203. The molecule has 5 rings (SSSR count). The molecule has 2 amide bonds. The van der Waals surface area contributed by atoms with E-state index in [9.17, 15) is 23.9 Å². The highest BCUT2D eigenvalue weighted by atomic mass is 19.1. The highest BCUT2D eigenvalue weighted by Gasteiger charge is 2.24. The summed E-state index contributed by atoms with van der Waals surface area (Å²) in [5.41, 5.74) is 1.56. The summed E-state index contributed by atoms with van der Waals surface area (Å²) < 4.78 is 22.0. The molecular weight excluding hydrogens is 579 g/mol. The maximum atomic E-state index is 13.8. The van der Waals surface area contributed by atoms with Crippen LogP contribution in [0.25, 0.3) is 11.0 Å². The average Bonchev–Trinajstić information content (AvgIpc) is 3.57. The Kier molecular flexibility index (Phi) is 9.83. The number of likely N-dealkylation sites (N-methyl/N-ethyl adjacent to an activating group) is 1. The number of carbonyl (C=O) groups is 2. The van der Waals surface area contributed by atoms with Crippen LogP contribution in [-0.2, 0) is 30.9 Å². The van der Waals surface area contributed by atoms with Crippen LogP contribution in [0.15, 0.2) is 90.4 Å². The molecule has 0 fully saturated rings. The van der Waals surface area contributed by atoms with Gasteiger partial charge in [-0.1, -0.05) is 42.5 Å². The van der Waals surface area contributed by atoms with Crippen LogP contribution in [0.1, 0.15) is 33.5 Å². The number of benzene rings is 2. The second kappa shape index (κ2) is 14.3. The van der Waals surface area contributed by atoms with E-state index in [1.807, 2.05) is 34.9 Å². The summed E-state index contributed by atoms with van der Waals surface area (Å²) in [6, 6.07) is 17.0. The number of aromatic hydroxyl groups is 1. The second-order valence-corrected chi connectivity index (χ2v) is 10.6. The molecule has 0 unspecified atom stereocenters. The maximum absolute atomic E-state index is 13.8. The van der Waals surface area contributed by atoms with Gasteiger partial charge in [-0.15, -0.1) is 0 Å². The first-order valence-corrected chi connectivity index (χ1v) is 14.4. The minimum Gasteiger partial charge on any atom is -0.505 e. The summed E-state index contributed by atoms with van der Waals surface area (Å²) in [6.07, 6.45) is 7.06. The van der Waals surface area contributed by atoms with Gasteiger partial charge in [0.1, 0.15) is 23.5 Å². The summed E-state index contributed by atoms with van der Waals surface area (Å²) in [5, 5.41) is 13.8. The highest BCUT2D eigenvalue weighted by molar-refractivity contribution is 6.01. The van der Waals surface area contributed by atoms with Crippen LogP contribution < -0.4 is 10.9 Å². The highest BCUT2D eigenvalue weighted by Crippen LogP contribution is 2.26. The van der Waals surface area contributed by atoms with Crippen LogP contribution in [0.2, 0.25) is 0 Å². The molecule has 3 aromatic heterocycles. The lowest BCUT2D eigenvalue weighted by Gasteiger charge is -2.20. The Hall–Kier alpha value is -5.52. The molecule has 12 heteroatoms. The third-order valence-electron chi connectivity index (χ3n) is 7.30. The zero-order chi connectivity index (χ0) is 31.8. The van der Waals surface area contributed by atoms with Crippen LogP contribution in [-0.4, -0.2) is 61.2 Å². The largest absolute Gasteiger partial charge is 0.505 e. The predicted molar refractivity (Wildman–Crippen MR) is 165 cm³/mol. The van der Waals surface area contributed by atoms with Crippen LogP contribution in [0.3, 0.4) is 0 Å². The summed E-state index contributed by atoms with van der Waals surface area (Å²) in [7, 11) is 1.55. The monoisotopic (exact) mass is 612 g/mol. The first-order valence-electron chi connectivity index (χ1n) is 14.4. The number of fused-ring (bicyclic) bond motifs is 1. The van der Waals surface area contributed by atoms with E-state index in [2.05, 4.69) is 15.3 Å². The fourth-order valence-corrected chi connectivity index (χ4v) is 4.85. The Labute approximate surface area is 258 Å². The standard InChI is InChI=1S/C33H33FN6O5/c1-38(33(44)45-21-24-6-3-2-4-7-24)16-17-40-27-19-25(18-23-8-10-26(34)11-9-23)20-37-29(27)30(41)28(32(40)43)31(42)36-12-5-14-39-15-13-35-22-39/h2-4,6-11,13,15,19-20,22,41H,5,12,14,16-18,21H2,1H3,(H,36,42). The molecular formula is C33H33FN6O5. The van der Waals surface area contributed by atoms with E-state index in [1.54, 1.807) is 50.2 Å².